The Labute approximate surface area is 346 Å². The topological polar surface area (TPSA) is 437 Å². The lowest BCUT2D eigenvalue weighted by Gasteiger charge is -2.27. The van der Waals surface area contributed by atoms with Gasteiger partial charge in [0.2, 0.25) is 52.9 Å². The Hall–Kier alpha value is -5.51. The van der Waals surface area contributed by atoms with Crippen LogP contribution in [0.15, 0.2) is 0 Å². The first-order valence-corrected chi connectivity index (χ1v) is 18.8. The highest BCUT2D eigenvalue weighted by Crippen LogP contribution is 2.09. The van der Waals surface area contributed by atoms with Crippen molar-refractivity contribution in [2.75, 3.05) is 26.4 Å². The molecule has 0 aromatic heterocycles. The predicted octanol–water partition coefficient (Wildman–Crippen LogP) is -8.03. The Balaban J connectivity index is 0. The molecule has 1 saturated heterocycles. The molecular formula is C34H60N10O16. The maximum Gasteiger partial charge on any atom is 0.303 e. The third kappa shape index (κ3) is 17.8. The molecule has 342 valence electrons. The Bertz CT molecular complexity index is 1590. The summed E-state index contributed by atoms with van der Waals surface area (Å²) in [6, 6.07) is -13.5. The lowest BCUT2D eigenvalue weighted by molar-refractivity contribution is -0.142. The van der Waals surface area contributed by atoms with Crippen molar-refractivity contribution in [1.29, 1.82) is 0 Å². The number of rotatable bonds is 18. The van der Waals surface area contributed by atoms with Crippen molar-refractivity contribution in [3.63, 3.8) is 0 Å². The van der Waals surface area contributed by atoms with E-state index in [9.17, 15) is 78.3 Å². The second kappa shape index (κ2) is 26.6. The fourth-order valence-electron chi connectivity index (χ4n) is 5.65. The number of carboxylic acids is 1. The van der Waals surface area contributed by atoms with Crippen LogP contribution in [0.5, 0.6) is 0 Å². The molecule has 0 spiro atoms. The number of carboxylic acid groups (broad SMARTS) is 1. The maximum atomic E-state index is 13.7. The maximum absolute atomic E-state index is 13.7. The molecule has 0 aromatic rings. The molecule has 60 heavy (non-hydrogen) atoms. The summed E-state index contributed by atoms with van der Waals surface area (Å²) in [6.45, 7) is -1.00. The van der Waals surface area contributed by atoms with Gasteiger partial charge >= 0.3 is 5.97 Å². The van der Waals surface area contributed by atoms with Gasteiger partial charge in [0.05, 0.1) is 50.5 Å². The van der Waals surface area contributed by atoms with E-state index < -0.39 is 158 Å². The number of primary amides is 1. The van der Waals surface area contributed by atoms with E-state index in [2.05, 4.69) is 37.2 Å². The van der Waals surface area contributed by atoms with E-state index in [1.165, 1.54) is 6.92 Å². The molecule has 1 aliphatic rings. The van der Waals surface area contributed by atoms with Gasteiger partial charge in [-0.1, -0.05) is 0 Å². The molecule has 26 heteroatoms. The molecule has 17 N–H and O–H groups in total. The second-order valence-electron chi connectivity index (χ2n) is 13.8. The fourth-order valence-corrected chi connectivity index (χ4v) is 5.65. The van der Waals surface area contributed by atoms with Crippen LogP contribution < -0.4 is 54.2 Å². The van der Waals surface area contributed by atoms with Gasteiger partial charge in [0.25, 0.3) is 0 Å². The van der Waals surface area contributed by atoms with Gasteiger partial charge in [0, 0.05) is 22.2 Å². The second-order valence-corrected chi connectivity index (χ2v) is 13.8. The third-order valence-electron chi connectivity index (χ3n) is 9.06. The average Bonchev–Trinajstić information content (AvgIpc) is 3.18. The first-order chi connectivity index (χ1) is 28.2. The van der Waals surface area contributed by atoms with Crippen molar-refractivity contribution < 1.29 is 81.1 Å². The van der Waals surface area contributed by atoms with Gasteiger partial charge in [0.15, 0.2) is 5.78 Å². The van der Waals surface area contributed by atoms with Gasteiger partial charge in [-0.3, -0.25) is 63.9 Å². The molecule has 5 unspecified atom stereocenters. The summed E-state index contributed by atoms with van der Waals surface area (Å²) in [5.41, 5.74) is 7.21. The number of hydrogen-bond donors (Lipinski definition) is 15. The molecule has 26 nitrogen and oxygen atoms in total. The van der Waals surface area contributed by atoms with E-state index >= 15 is 0 Å². The first kappa shape index (κ1) is 52.5. The van der Waals surface area contributed by atoms with Crippen LogP contribution in [0.25, 0.3) is 0 Å². The number of Topliss-reactive ketones (excluding diaryl/α,β-unsaturated/α-hetero) is 3. The number of carbonyl (C=O) groups excluding carboxylic acids is 10. The summed E-state index contributed by atoms with van der Waals surface area (Å²) < 4.78 is 0. The number of nitrogens with two attached hydrogens (primary N) is 2. The van der Waals surface area contributed by atoms with Crippen LogP contribution in [0.4, 0.5) is 0 Å². The SMILES string of the molecule is CC(=O)C1CCC(=O)NCCCCC(N[C@@H](CO)C(=O)C(=O)C(CC(N)=O)NC(=O)[C@@H](NN)[C@@H](C)O)C(=O)NC(CO)C(=O)N[C@@H](CCC(=O)O)C(=O)NC(CO)C(=O)N1.[HH].[HH]. The summed E-state index contributed by atoms with van der Waals surface area (Å²) in [7, 11) is 0. The number of ketones is 3. The van der Waals surface area contributed by atoms with Gasteiger partial charge in [0.1, 0.15) is 30.2 Å². The van der Waals surface area contributed by atoms with Crippen molar-refractivity contribution in [3.8, 4) is 0 Å². The summed E-state index contributed by atoms with van der Waals surface area (Å²) >= 11 is 0. The summed E-state index contributed by atoms with van der Waals surface area (Å²) in [5.74, 6) is -7.04. The summed E-state index contributed by atoms with van der Waals surface area (Å²) in [5, 5.41) is 65.1. The number of amides is 7. The minimum Gasteiger partial charge on any atom is -0.481 e. The highest BCUT2D eigenvalue weighted by Gasteiger charge is 2.38. The number of nitrogens with one attached hydrogen (secondary N) is 8. The van der Waals surface area contributed by atoms with E-state index in [4.69, 9.17) is 11.6 Å². The molecule has 0 aliphatic carbocycles. The fraction of sp³-hybridized carbons (Fsp3) is 0.676. The Morgan fingerprint density at radius 2 is 1.37 bits per heavy atom. The van der Waals surface area contributed by atoms with E-state index in [0.29, 0.717) is 0 Å². The molecule has 0 bridgehead atoms. The highest BCUT2D eigenvalue weighted by molar-refractivity contribution is 6.41. The zero-order valence-corrected chi connectivity index (χ0v) is 33.1. The summed E-state index contributed by atoms with van der Waals surface area (Å²) in [6.07, 6.45) is -4.11. The Morgan fingerprint density at radius 3 is 1.88 bits per heavy atom. The van der Waals surface area contributed by atoms with Crippen molar-refractivity contribution in [2.24, 2.45) is 11.6 Å². The number of hydrazine groups is 1. The van der Waals surface area contributed by atoms with Crippen LogP contribution in [-0.4, -0.2) is 171 Å². The summed E-state index contributed by atoms with van der Waals surface area (Å²) in [4.78, 5) is 141. The van der Waals surface area contributed by atoms with Crippen LogP contribution in [0.3, 0.4) is 0 Å². The molecule has 1 fully saturated rings. The highest BCUT2D eigenvalue weighted by atomic mass is 16.4. The number of aliphatic hydroxyl groups excluding tert-OH is 4. The van der Waals surface area contributed by atoms with Crippen LogP contribution in [0.2, 0.25) is 0 Å². The van der Waals surface area contributed by atoms with Gasteiger partial charge in [-0.2, -0.15) is 0 Å². The van der Waals surface area contributed by atoms with Crippen LogP contribution in [0, 0.1) is 0 Å². The Morgan fingerprint density at radius 1 is 0.817 bits per heavy atom. The van der Waals surface area contributed by atoms with Gasteiger partial charge in [-0.25, -0.2) is 5.43 Å². The van der Waals surface area contributed by atoms with Gasteiger partial charge in [-0.15, -0.1) is 0 Å². The third-order valence-corrected chi connectivity index (χ3v) is 9.06. The quantitative estimate of drug-likeness (QED) is 0.0346. The van der Waals surface area contributed by atoms with E-state index in [1.54, 1.807) is 0 Å². The van der Waals surface area contributed by atoms with E-state index in [-0.39, 0.29) is 41.5 Å². The minimum absolute atomic E-state index is 0. The standard InChI is InChI=1S/C34H56N10O16.2H2/c1-15(48)17-6-8-25(51)37-10-4-3-5-18(38-21(12-45)29(55)28(54)20(11-24(35)50)41-34(60)27(44-36)16(2)49)30(56)42-23(14-47)33(59)40-19(7-9-26(52)53)31(57)43-22(13-46)32(58)39-17;;/h16-23,27,38,44-47,49H,3-14,36H2,1-2H3,(H2,35,50)(H,37,51)(H,39,58)(H,40,59)(H,41,60)(H,42,56)(H,43,57)(H,52,53);2*1H/t16-,17?,18?,19+,20?,21+,22?,23?,27+;;/m1../s1. The zero-order valence-electron chi connectivity index (χ0n) is 33.1. The molecule has 0 saturated carbocycles. The number of carbonyl (C=O) groups is 11. The lowest BCUT2D eigenvalue weighted by atomic mass is 9.98. The van der Waals surface area contributed by atoms with Gasteiger partial charge in [-0.05, 0) is 46.0 Å². The van der Waals surface area contributed by atoms with Gasteiger partial charge < -0.3 is 63.2 Å². The van der Waals surface area contributed by atoms with Crippen LogP contribution in [0.1, 0.15) is 68.1 Å². The number of aliphatic hydroxyl groups is 4. The zero-order chi connectivity index (χ0) is 45.7. The molecule has 9 atom stereocenters. The normalized spacial score (nSPS) is 23.6. The molecule has 1 aliphatic heterocycles. The largest absolute Gasteiger partial charge is 0.481 e. The van der Waals surface area contributed by atoms with Crippen molar-refractivity contribution >= 4 is 64.7 Å². The predicted molar refractivity (Wildman–Crippen MR) is 206 cm³/mol. The lowest BCUT2D eigenvalue weighted by Crippen LogP contribution is -2.61. The van der Waals surface area contributed by atoms with E-state index in [1.807, 2.05) is 5.43 Å². The molecule has 0 radical (unpaired) electrons. The smallest absolute Gasteiger partial charge is 0.303 e. The molecule has 7 amide bonds. The molecular weight excluding hydrogens is 804 g/mol. The monoisotopic (exact) mass is 864 g/mol. The van der Waals surface area contributed by atoms with E-state index in [0.717, 1.165) is 6.92 Å². The Kier molecular flexibility index (Phi) is 23.2. The van der Waals surface area contributed by atoms with Crippen LogP contribution in [-0.2, 0) is 52.7 Å². The number of hydrogen-bond acceptors (Lipinski definition) is 18. The van der Waals surface area contributed by atoms with Crippen molar-refractivity contribution in [1.82, 2.24) is 42.6 Å². The minimum atomic E-state index is -1.92. The van der Waals surface area contributed by atoms with Crippen LogP contribution >= 0.6 is 0 Å². The van der Waals surface area contributed by atoms with Crippen molar-refractivity contribution in [3.05, 3.63) is 0 Å². The molecule has 0 aromatic carbocycles. The molecule has 1 rings (SSSR count). The van der Waals surface area contributed by atoms with Crippen molar-refractivity contribution in [2.45, 2.75) is 120 Å². The average molecular weight is 865 g/mol. The molecule has 1 heterocycles. The number of aliphatic carboxylic acids is 1. The first-order valence-electron chi connectivity index (χ1n) is 18.8.